The lowest BCUT2D eigenvalue weighted by atomic mass is 9.88. The van der Waals surface area contributed by atoms with Crippen LogP contribution in [-0.2, 0) is 4.74 Å². The summed E-state index contributed by atoms with van der Waals surface area (Å²) in [6, 6.07) is 9.45. The van der Waals surface area contributed by atoms with Gasteiger partial charge in [-0.1, -0.05) is 24.3 Å². The highest BCUT2D eigenvalue weighted by atomic mass is 16.5. The first-order valence-corrected chi connectivity index (χ1v) is 7.36. The smallest absolute Gasteiger partial charge is 0.0535 e. The largest absolute Gasteiger partial charge is 0.381 e. The third-order valence-electron chi connectivity index (χ3n) is 4.69. The topological polar surface area (TPSA) is 38.5 Å². The number of likely N-dealkylation sites (tertiary alicyclic amines) is 1. The van der Waals surface area contributed by atoms with Gasteiger partial charge in [-0.05, 0) is 43.5 Å². The third kappa shape index (κ3) is 2.55. The van der Waals surface area contributed by atoms with Crippen molar-refractivity contribution >= 4 is 0 Å². The van der Waals surface area contributed by atoms with Crippen molar-refractivity contribution in [2.45, 2.75) is 24.8 Å². The fourth-order valence-corrected chi connectivity index (χ4v) is 3.61. The number of ether oxygens (including phenoxy) is 1. The summed E-state index contributed by atoms with van der Waals surface area (Å²) in [5.41, 5.74) is 8.84. The zero-order valence-electron chi connectivity index (χ0n) is 11.7. The Morgan fingerprint density at radius 1 is 1.32 bits per heavy atom. The minimum Gasteiger partial charge on any atom is -0.381 e. The van der Waals surface area contributed by atoms with Gasteiger partial charge in [0.2, 0.25) is 0 Å². The second kappa shape index (κ2) is 5.61. The molecule has 0 spiro atoms. The highest BCUT2D eigenvalue weighted by Gasteiger charge is 2.32. The highest BCUT2D eigenvalue weighted by molar-refractivity contribution is 5.34. The molecule has 3 nitrogen and oxygen atoms in total. The van der Waals surface area contributed by atoms with Crippen LogP contribution in [0.2, 0.25) is 0 Å². The van der Waals surface area contributed by atoms with Crippen molar-refractivity contribution in [3.05, 3.63) is 35.4 Å². The molecule has 2 aliphatic rings. The molecule has 1 aromatic rings. The average molecular weight is 260 g/mol. The Morgan fingerprint density at radius 3 is 2.74 bits per heavy atom. The number of nitrogens with zero attached hydrogens (tertiary/aromatic N) is 1. The highest BCUT2D eigenvalue weighted by Crippen LogP contribution is 2.39. The zero-order valence-corrected chi connectivity index (χ0v) is 11.7. The van der Waals surface area contributed by atoms with Gasteiger partial charge in [0.1, 0.15) is 0 Å². The fraction of sp³-hybridized carbons (Fsp3) is 0.625. The van der Waals surface area contributed by atoms with Gasteiger partial charge >= 0.3 is 0 Å². The van der Waals surface area contributed by atoms with Crippen molar-refractivity contribution in [1.29, 1.82) is 0 Å². The van der Waals surface area contributed by atoms with Crippen LogP contribution in [0.4, 0.5) is 0 Å². The maximum Gasteiger partial charge on any atom is 0.0535 e. The maximum atomic E-state index is 5.85. The van der Waals surface area contributed by atoms with Crippen LogP contribution >= 0.6 is 0 Å². The van der Waals surface area contributed by atoms with Crippen molar-refractivity contribution < 1.29 is 4.74 Å². The molecule has 0 radical (unpaired) electrons. The summed E-state index contributed by atoms with van der Waals surface area (Å²) in [5.74, 6) is 1.23. The Balaban J connectivity index is 1.87. The van der Waals surface area contributed by atoms with Crippen LogP contribution in [0, 0.1) is 5.92 Å². The molecule has 0 amide bonds. The summed E-state index contributed by atoms with van der Waals surface area (Å²) in [6.45, 7) is 3.71. The number of nitrogens with two attached hydrogens (primary N) is 1. The Morgan fingerprint density at radius 2 is 2.11 bits per heavy atom. The van der Waals surface area contributed by atoms with E-state index in [1.54, 1.807) is 0 Å². The molecule has 0 aromatic heterocycles. The third-order valence-corrected chi connectivity index (χ3v) is 4.69. The van der Waals surface area contributed by atoms with Gasteiger partial charge in [-0.3, -0.25) is 4.90 Å². The van der Waals surface area contributed by atoms with Gasteiger partial charge in [0.25, 0.3) is 0 Å². The van der Waals surface area contributed by atoms with Gasteiger partial charge in [-0.2, -0.15) is 0 Å². The number of hydrogen-bond donors (Lipinski definition) is 1. The number of hydrogen-bond acceptors (Lipinski definition) is 3. The zero-order chi connectivity index (χ0) is 13.2. The van der Waals surface area contributed by atoms with E-state index in [2.05, 4.69) is 36.2 Å². The molecule has 0 bridgehead atoms. The molecule has 2 heterocycles. The summed E-state index contributed by atoms with van der Waals surface area (Å²) in [5, 5.41) is 0. The molecule has 2 saturated heterocycles. The van der Waals surface area contributed by atoms with Crippen LogP contribution in [-0.4, -0.2) is 38.3 Å². The van der Waals surface area contributed by atoms with E-state index in [1.807, 2.05) is 0 Å². The average Bonchev–Trinajstić information content (AvgIpc) is 3.08. The van der Waals surface area contributed by atoms with E-state index in [0.29, 0.717) is 17.9 Å². The van der Waals surface area contributed by atoms with E-state index in [1.165, 1.54) is 17.5 Å². The Labute approximate surface area is 115 Å². The van der Waals surface area contributed by atoms with Crippen molar-refractivity contribution in [2.24, 2.45) is 11.7 Å². The molecule has 2 fully saturated rings. The summed E-state index contributed by atoms with van der Waals surface area (Å²) < 4.78 is 5.56. The van der Waals surface area contributed by atoms with E-state index in [4.69, 9.17) is 10.5 Å². The summed E-state index contributed by atoms with van der Waals surface area (Å²) in [4.78, 5) is 2.46. The predicted molar refractivity (Wildman–Crippen MR) is 77.2 cm³/mol. The van der Waals surface area contributed by atoms with Crippen molar-refractivity contribution in [2.75, 3.05) is 33.4 Å². The quantitative estimate of drug-likeness (QED) is 0.905. The number of benzene rings is 1. The summed E-state index contributed by atoms with van der Waals surface area (Å²) in [7, 11) is 2.22. The van der Waals surface area contributed by atoms with Crippen molar-refractivity contribution in [3.63, 3.8) is 0 Å². The second-order valence-electron chi connectivity index (χ2n) is 5.98. The van der Waals surface area contributed by atoms with Crippen LogP contribution in [0.25, 0.3) is 0 Å². The molecule has 0 aliphatic carbocycles. The van der Waals surface area contributed by atoms with Crippen molar-refractivity contribution in [3.8, 4) is 0 Å². The normalized spacial score (nSPS) is 32.0. The van der Waals surface area contributed by atoms with Gasteiger partial charge in [-0.25, -0.2) is 0 Å². The molecule has 2 N–H and O–H groups in total. The second-order valence-corrected chi connectivity index (χ2v) is 5.98. The lowest BCUT2D eigenvalue weighted by Gasteiger charge is -2.24. The SMILES string of the molecule is CN1CC(CN)CC1c1ccccc1C1CCOC1. The Kier molecular flexibility index (Phi) is 3.87. The van der Waals surface area contributed by atoms with E-state index in [0.717, 1.165) is 32.7 Å². The van der Waals surface area contributed by atoms with Crippen LogP contribution < -0.4 is 5.73 Å². The van der Waals surface area contributed by atoms with Gasteiger partial charge < -0.3 is 10.5 Å². The number of rotatable bonds is 3. The monoisotopic (exact) mass is 260 g/mol. The van der Waals surface area contributed by atoms with E-state index in [-0.39, 0.29) is 0 Å². The molecule has 3 rings (SSSR count). The maximum absolute atomic E-state index is 5.85. The molecule has 0 saturated carbocycles. The first-order chi connectivity index (χ1) is 9.29. The predicted octanol–water partition coefficient (Wildman–Crippen LogP) is 2.14. The summed E-state index contributed by atoms with van der Waals surface area (Å²) in [6.07, 6.45) is 2.35. The molecular weight excluding hydrogens is 236 g/mol. The van der Waals surface area contributed by atoms with E-state index in [9.17, 15) is 0 Å². The molecule has 3 heteroatoms. The minimum atomic E-state index is 0.533. The summed E-state index contributed by atoms with van der Waals surface area (Å²) >= 11 is 0. The molecule has 104 valence electrons. The van der Waals surface area contributed by atoms with E-state index < -0.39 is 0 Å². The van der Waals surface area contributed by atoms with Crippen LogP contribution in [0.1, 0.15) is 35.9 Å². The molecule has 1 aromatic carbocycles. The molecular formula is C16H24N2O. The van der Waals surface area contributed by atoms with Gasteiger partial charge in [-0.15, -0.1) is 0 Å². The van der Waals surface area contributed by atoms with Crippen LogP contribution in [0.5, 0.6) is 0 Å². The molecule has 3 unspecified atom stereocenters. The lowest BCUT2D eigenvalue weighted by Crippen LogP contribution is -2.21. The van der Waals surface area contributed by atoms with Crippen molar-refractivity contribution in [1.82, 2.24) is 4.90 Å². The van der Waals surface area contributed by atoms with Crippen LogP contribution in [0.15, 0.2) is 24.3 Å². The standard InChI is InChI=1S/C16H24N2O/c1-18-10-12(9-17)8-16(18)15-5-3-2-4-14(15)13-6-7-19-11-13/h2-5,12-13,16H,6-11,17H2,1H3. The van der Waals surface area contributed by atoms with Gasteiger partial charge in [0.15, 0.2) is 0 Å². The Bertz CT molecular complexity index is 429. The fourth-order valence-electron chi connectivity index (χ4n) is 3.61. The first-order valence-electron chi connectivity index (χ1n) is 7.36. The van der Waals surface area contributed by atoms with Crippen LogP contribution in [0.3, 0.4) is 0 Å². The lowest BCUT2D eigenvalue weighted by molar-refractivity contribution is 0.193. The van der Waals surface area contributed by atoms with Gasteiger partial charge in [0, 0.05) is 25.1 Å². The first kappa shape index (κ1) is 13.1. The molecule has 3 atom stereocenters. The Hall–Kier alpha value is -0.900. The van der Waals surface area contributed by atoms with Gasteiger partial charge in [0.05, 0.1) is 6.61 Å². The van der Waals surface area contributed by atoms with E-state index >= 15 is 0 Å². The molecule has 19 heavy (non-hydrogen) atoms. The molecule has 2 aliphatic heterocycles. The minimum absolute atomic E-state index is 0.533.